The molecule has 2 N–H and O–H groups in total. The molecule has 5 nitrogen and oxygen atoms in total. The highest BCUT2D eigenvalue weighted by molar-refractivity contribution is 5.94. The first-order valence-electron chi connectivity index (χ1n) is 5.57. The van der Waals surface area contributed by atoms with Gasteiger partial charge in [-0.15, -0.1) is 0 Å². The van der Waals surface area contributed by atoms with Crippen LogP contribution in [0.2, 0.25) is 0 Å². The molecule has 17 heavy (non-hydrogen) atoms. The van der Waals surface area contributed by atoms with Gasteiger partial charge in [-0.2, -0.15) is 0 Å². The smallest absolute Gasteiger partial charge is 0.253 e. The van der Waals surface area contributed by atoms with Gasteiger partial charge < -0.3 is 15.2 Å². The zero-order valence-corrected chi connectivity index (χ0v) is 10.3. The molecule has 0 aliphatic rings. The highest BCUT2D eigenvalue weighted by atomic mass is 16.5. The summed E-state index contributed by atoms with van der Waals surface area (Å²) in [7, 11) is 0. The fourth-order valence-electron chi connectivity index (χ4n) is 1.18. The zero-order valence-electron chi connectivity index (χ0n) is 10.3. The topological polar surface area (TPSA) is 71.5 Å². The maximum absolute atomic E-state index is 11.6. The number of carbonyl (C=O) groups excluding carboxylic acids is 1. The van der Waals surface area contributed by atoms with Gasteiger partial charge in [0.15, 0.2) is 0 Å². The Balaban J connectivity index is 2.64. The first-order valence-corrected chi connectivity index (χ1v) is 5.57. The fourth-order valence-corrected chi connectivity index (χ4v) is 1.18. The van der Waals surface area contributed by atoms with Gasteiger partial charge in [-0.05, 0) is 26.8 Å². The predicted molar refractivity (Wildman–Crippen MR) is 64.0 cm³/mol. The van der Waals surface area contributed by atoms with E-state index in [1.807, 2.05) is 13.8 Å². The first-order chi connectivity index (χ1) is 8.02. The average molecular weight is 238 g/mol. The molecule has 0 radical (unpaired) electrons. The molecule has 0 spiro atoms. The van der Waals surface area contributed by atoms with Crippen molar-refractivity contribution in [2.75, 3.05) is 6.61 Å². The van der Waals surface area contributed by atoms with E-state index in [2.05, 4.69) is 10.3 Å². The Morgan fingerprint density at radius 3 is 2.65 bits per heavy atom. The second-order valence-electron chi connectivity index (χ2n) is 4.11. The van der Waals surface area contributed by atoms with Gasteiger partial charge in [-0.25, -0.2) is 4.98 Å². The van der Waals surface area contributed by atoms with E-state index >= 15 is 0 Å². The maximum atomic E-state index is 11.6. The summed E-state index contributed by atoms with van der Waals surface area (Å²) in [5.74, 6) is 0.238. The number of carbonyl (C=O) groups is 1. The van der Waals surface area contributed by atoms with E-state index in [0.717, 1.165) is 0 Å². The standard InChI is InChI=1S/C12H18N2O3/c1-8(2)17-11-5-4-10(6-13-11)12(16)14-9(3)7-15/h4-6,8-9,15H,7H2,1-3H3,(H,14,16). The van der Waals surface area contributed by atoms with Crippen molar-refractivity contribution in [3.63, 3.8) is 0 Å². The summed E-state index contributed by atoms with van der Waals surface area (Å²) in [6, 6.07) is 3.02. The molecule has 94 valence electrons. The molecule has 0 saturated carbocycles. The van der Waals surface area contributed by atoms with Gasteiger partial charge in [0, 0.05) is 18.3 Å². The number of aliphatic hydroxyl groups excluding tert-OH is 1. The SMILES string of the molecule is CC(CO)NC(=O)c1ccc(OC(C)C)nc1. The number of aliphatic hydroxyl groups is 1. The molecule has 0 aliphatic heterocycles. The lowest BCUT2D eigenvalue weighted by Gasteiger charge is -2.11. The second kappa shape index (κ2) is 6.20. The quantitative estimate of drug-likeness (QED) is 0.802. The van der Waals surface area contributed by atoms with E-state index in [0.29, 0.717) is 11.4 Å². The Morgan fingerprint density at radius 2 is 2.18 bits per heavy atom. The Bertz CT molecular complexity index is 363. The van der Waals surface area contributed by atoms with Crippen molar-refractivity contribution in [2.45, 2.75) is 32.9 Å². The summed E-state index contributed by atoms with van der Waals surface area (Å²) < 4.78 is 5.37. The molecular weight excluding hydrogens is 220 g/mol. The zero-order chi connectivity index (χ0) is 12.8. The van der Waals surface area contributed by atoms with Crippen molar-refractivity contribution in [1.29, 1.82) is 0 Å². The number of pyridine rings is 1. The van der Waals surface area contributed by atoms with Crippen molar-refractivity contribution in [3.8, 4) is 5.88 Å². The van der Waals surface area contributed by atoms with Crippen LogP contribution in [0.15, 0.2) is 18.3 Å². The van der Waals surface area contributed by atoms with E-state index in [4.69, 9.17) is 9.84 Å². The Labute approximate surface area is 101 Å². The molecule has 0 aromatic carbocycles. The molecule has 1 aromatic rings. The maximum Gasteiger partial charge on any atom is 0.253 e. The highest BCUT2D eigenvalue weighted by Gasteiger charge is 2.09. The molecule has 1 unspecified atom stereocenters. The molecule has 0 saturated heterocycles. The number of hydrogen-bond donors (Lipinski definition) is 2. The van der Waals surface area contributed by atoms with Crippen LogP contribution in [-0.2, 0) is 0 Å². The van der Waals surface area contributed by atoms with Crippen LogP contribution in [-0.4, -0.2) is 34.8 Å². The normalized spacial score (nSPS) is 12.3. The van der Waals surface area contributed by atoms with Crippen LogP contribution < -0.4 is 10.1 Å². The van der Waals surface area contributed by atoms with Crippen molar-refractivity contribution in [3.05, 3.63) is 23.9 Å². The van der Waals surface area contributed by atoms with Gasteiger partial charge in [-0.1, -0.05) is 0 Å². The highest BCUT2D eigenvalue weighted by Crippen LogP contribution is 2.09. The van der Waals surface area contributed by atoms with E-state index in [-0.39, 0.29) is 24.7 Å². The van der Waals surface area contributed by atoms with Crippen LogP contribution in [0.25, 0.3) is 0 Å². The van der Waals surface area contributed by atoms with Crippen LogP contribution in [0.1, 0.15) is 31.1 Å². The van der Waals surface area contributed by atoms with E-state index in [9.17, 15) is 4.79 Å². The first kappa shape index (κ1) is 13.4. The summed E-state index contributed by atoms with van der Waals surface area (Å²) in [5, 5.41) is 11.5. The molecule has 1 amide bonds. The molecule has 0 bridgehead atoms. The Morgan fingerprint density at radius 1 is 1.47 bits per heavy atom. The largest absolute Gasteiger partial charge is 0.475 e. The molecule has 0 fully saturated rings. The van der Waals surface area contributed by atoms with Crippen LogP contribution in [0.3, 0.4) is 0 Å². The third-order valence-corrected chi connectivity index (χ3v) is 2.01. The van der Waals surface area contributed by atoms with Gasteiger partial charge in [0.2, 0.25) is 5.88 Å². The average Bonchev–Trinajstić information content (AvgIpc) is 2.28. The molecule has 1 atom stereocenters. The third-order valence-electron chi connectivity index (χ3n) is 2.01. The van der Waals surface area contributed by atoms with Gasteiger partial charge in [0.1, 0.15) is 0 Å². The lowest BCUT2D eigenvalue weighted by Crippen LogP contribution is -2.35. The van der Waals surface area contributed by atoms with Crippen molar-refractivity contribution in [1.82, 2.24) is 10.3 Å². The summed E-state index contributed by atoms with van der Waals surface area (Å²) in [6.45, 7) is 5.45. The molecule has 1 heterocycles. The minimum absolute atomic E-state index is 0.0524. The van der Waals surface area contributed by atoms with Crippen molar-refractivity contribution >= 4 is 5.91 Å². The van der Waals surface area contributed by atoms with E-state index in [1.54, 1.807) is 19.1 Å². The second-order valence-corrected chi connectivity index (χ2v) is 4.11. The van der Waals surface area contributed by atoms with Gasteiger partial charge in [0.05, 0.1) is 18.3 Å². The van der Waals surface area contributed by atoms with Crippen LogP contribution in [0.5, 0.6) is 5.88 Å². The summed E-state index contributed by atoms with van der Waals surface area (Å²) in [6.07, 6.45) is 1.51. The number of nitrogens with zero attached hydrogens (tertiary/aromatic N) is 1. The summed E-state index contributed by atoms with van der Waals surface area (Å²) in [5.41, 5.74) is 0.446. The van der Waals surface area contributed by atoms with E-state index < -0.39 is 0 Å². The van der Waals surface area contributed by atoms with Crippen LogP contribution >= 0.6 is 0 Å². The van der Waals surface area contributed by atoms with Crippen molar-refractivity contribution in [2.24, 2.45) is 0 Å². The molecule has 1 rings (SSSR count). The van der Waals surface area contributed by atoms with E-state index in [1.165, 1.54) is 6.20 Å². The Hall–Kier alpha value is -1.62. The number of nitrogens with one attached hydrogen (secondary N) is 1. The lowest BCUT2D eigenvalue weighted by molar-refractivity contribution is 0.0922. The van der Waals surface area contributed by atoms with Gasteiger partial charge in [-0.3, -0.25) is 4.79 Å². The fraction of sp³-hybridized carbons (Fsp3) is 0.500. The predicted octanol–water partition coefficient (Wildman–Crippen LogP) is 0.979. The molecule has 1 aromatic heterocycles. The molecule has 0 aliphatic carbocycles. The van der Waals surface area contributed by atoms with Crippen molar-refractivity contribution < 1.29 is 14.6 Å². The summed E-state index contributed by atoms with van der Waals surface area (Å²) >= 11 is 0. The minimum atomic E-state index is -0.269. The lowest BCUT2D eigenvalue weighted by atomic mass is 10.2. The van der Waals surface area contributed by atoms with Gasteiger partial charge >= 0.3 is 0 Å². The Kier molecular flexibility index (Phi) is 4.90. The number of ether oxygens (including phenoxy) is 1. The monoisotopic (exact) mass is 238 g/mol. The molecule has 5 heteroatoms. The number of amides is 1. The number of rotatable bonds is 5. The third kappa shape index (κ3) is 4.40. The number of hydrogen-bond acceptors (Lipinski definition) is 4. The molecular formula is C12H18N2O3. The minimum Gasteiger partial charge on any atom is -0.475 e. The summed E-state index contributed by atoms with van der Waals surface area (Å²) in [4.78, 5) is 15.7. The van der Waals surface area contributed by atoms with Crippen LogP contribution in [0, 0.1) is 0 Å². The van der Waals surface area contributed by atoms with Crippen LogP contribution in [0.4, 0.5) is 0 Å². The van der Waals surface area contributed by atoms with Gasteiger partial charge in [0.25, 0.3) is 5.91 Å². The number of aromatic nitrogens is 1.